The highest BCUT2D eigenvalue weighted by molar-refractivity contribution is 5.81. The van der Waals surface area contributed by atoms with Gasteiger partial charge in [0.25, 0.3) is 0 Å². The number of carbonyl (C=O) groups is 2. The summed E-state index contributed by atoms with van der Waals surface area (Å²) in [4.78, 5) is 25.6. The maximum Gasteiger partial charge on any atom is 0.323 e. The highest BCUT2D eigenvalue weighted by atomic mass is 16.4. The van der Waals surface area contributed by atoms with Gasteiger partial charge in [0, 0.05) is 13.1 Å². The highest BCUT2D eigenvalue weighted by Crippen LogP contribution is 2.28. The Morgan fingerprint density at radius 2 is 1.88 bits per heavy atom. The zero-order valence-corrected chi connectivity index (χ0v) is 10.5. The number of aliphatic hydroxyl groups is 1. The summed E-state index contributed by atoms with van der Waals surface area (Å²) in [5, 5.41) is 18.0. The molecular formula is C11H20N2O4. The van der Waals surface area contributed by atoms with Crippen molar-refractivity contribution in [2.45, 2.75) is 38.3 Å². The lowest BCUT2D eigenvalue weighted by Crippen LogP contribution is -2.54. The number of amides is 2. The molecule has 98 valence electrons. The van der Waals surface area contributed by atoms with Crippen LogP contribution in [0.15, 0.2) is 0 Å². The van der Waals surface area contributed by atoms with Crippen LogP contribution < -0.4 is 0 Å². The molecule has 2 amide bonds. The van der Waals surface area contributed by atoms with Gasteiger partial charge in [-0.05, 0) is 26.7 Å². The van der Waals surface area contributed by atoms with E-state index in [1.807, 2.05) is 0 Å². The van der Waals surface area contributed by atoms with E-state index >= 15 is 0 Å². The van der Waals surface area contributed by atoms with Crippen LogP contribution in [-0.2, 0) is 4.79 Å². The molecule has 1 saturated carbocycles. The van der Waals surface area contributed by atoms with Gasteiger partial charge in [-0.15, -0.1) is 0 Å². The molecular weight excluding hydrogens is 224 g/mol. The molecule has 0 radical (unpaired) electrons. The second-order valence-electron chi connectivity index (χ2n) is 5.06. The third kappa shape index (κ3) is 3.33. The van der Waals surface area contributed by atoms with E-state index in [-0.39, 0.29) is 25.2 Å². The number of hydrogen-bond acceptors (Lipinski definition) is 3. The van der Waals surface area contributed by atoms with E-state index < -0.39 is 11.5 Å². The molecule has 0 heterocycles. The Morgan fingerprint density at radius 1 is 1.35 bits per heavy atom. The normalized spacial score (nSPS) is 15.5. The van der Waals surface area contributed by atoms with Crippen LogP contribution in [0.4, 0.5) is 4.79 Å². The first kappa shape index (κ1) is 13.8. The molecule has 17 heavy (non-hydrogen) atoms. The summed E-state index contributed by atoms with van der Waals surface area (Å²) in [6, 6.07) is -0.301. The van der Waals surface area contributed by atoms with Crippen LogP contribution in [0, 0.1) is 0 Å². The number of aliphatic carboxylic acids is 1. The molecule has 1 fully saturated rings. The van der Waals surface area contributed by atoms with E-state index in [2.05, 4.69) is 0 Å². The van der Waals surface area contributed by atoms with Crippen molar-refractivity contribution in [1.82, 2.24) is 9.80 Å². The SMILES string of the molecule is CN(C(=O)N(CC(=O)O)C1CC1)C(C)(C)CO. The topological polar surface area (TPSA) is 81.1 Å². The maximum atomic E-state index is 12.1. The standard InChI is InChI=1S/C11H20N2O4/c1-11(2,7-14)12(3)10(17)13(6-9(15)16)8-4-5-8/h8,14H,4-7H2,1-3H3,(H,15,16). The Labute approximate surface area is 101 Å². The molecule has 6 heteroatoms. The lowest BCUT2D eigenvalue weighted by atomic mass is 10.1. The van der Waals surface area contributed by atoms with Crippen LogP contribution in [-0.4, -0.2) is 63.8 Å². The van der Waals surface area contributed by atoms with Crippen LogP contribution in [0.3, 0.4) is 0 Å². The Morgan fingerprint density at radius 3 is 2.24 bits per heavy atom. The van der Waals surface area contributed by atoms with Gasteiger partial charge in [-0.2, -0.15) is 0 Å². The second-order valence-corrected chi connectivity index (χ2v) is 5.06. The Bertz CT molecular complexity index is 313. The van der Waals surface area contributed by atoms with Crippen LogP contribution in [0.25, 0.3) is 0 Å². The highest BCUT2D eigenvalue weighted by Gasteiger charge is 2.38. The van der Waals surface area contributed by atoms with Gasteiger partial charge in [-0.3, -0.25) is 4.79 Å². The summed E-state index contributed by atoms with van der Waals surface area (Å²) >= 11 is 0. The van der Waals surface area contributed by atoms with Gasteiger partial charge in [0.15, 0.2) is 0 Å². The number of hydrogen-bond donors (Lipinski definition) is 2. The van der Waals surface area contributed by atoms with Crippen molar-refractivity contribution in [3.05, 3.63) is 0 Å². The number of aliphatic hydroxyl groups excluding tert-OH is 1. The zero-order chi connectivity index (χ0) is 13.2. The second kappa shape index (κ2) is 4.91. The van der Waals surface area contributed by atoms with Gasteiger partial charge in [0.1, 0.15) is 6.54 Å². The predicted molar refractivity (Wildman–Crippen MR) is 61.7 cm³/mol. The summed E-state index contributed by atoms with van der Waals surface area (Å²) in [5.41, 5.74) is -0.692. The largest absolute Gasteiger partial charge is 0.480 e. The molecule has 1 aliphatic carbocycles. The lowest BCUT2D eigenvalue weighted by molar-refractivity contribution is -0.138. The first-order valence-corrected chi connectivity index (χ1v) is 5.66. The number of likely N-dealkylation sites (N-methyl/N-ethyl adjacent to an activating group) is 1. The summed E-state index contributed by atoms with van der Waals surface area (Å²) in [6.45, 7) is 3.02. The molecule has 2 N–H and O–H groups in total. The van der Waals surface area contributed by atoms with Crippen LogP contribution >= 0.6 is 0 Å². The molecule has 0 aromatic rings. The average Bonchev–Trinajstić information content (AvgIpc) is 3.07. The quantitative estimate of drug-likeness (QED) is 0.731. The minimum Gasteiger partial charge on any atom is -0.480 e. The van der Waals surface area contributed by atoms with Crippen LogP contribution in [0.1, 0.15) is 26.7 Å². The number of rotatable bonds is 5. The first-order valence-electron chi connectivity index (χ1n) is 5.66. The van der Waals surface area contributed by atoms with E-state index in [1.165, 1.54) is 9.80 Å². The summed E-state index contributed by atoms with van der Waals surface area (Å²) in [7, 11) is 1.58. The molecule has 0 atom stereocenters. The van der Waals surface area contributed by atoms with Gasteiger partial charge in [-0.1, -0.05) is 0 Å². The van der Waals surface area contributed by atoms with Crippen molar-refractivity contribution in [3.8, 4) is 0 Å². The number of carboxylic acids is 1. The third-order valence-corrected chi connectivity index (χ3v) is 3.12. The van der Waals surface area contributed by atoms with Gasteiger partial charge in [-0.25, -0.2) is 4.79 Å². The molecule has 0 aliphatic heterocycles. The summed E-state index contributed by atoms with van der Waals surface area (Å²) < 4.78 is 0. The molecule has 0 aromatic carbocycles. The fourth-order valence-corrected chi connectivity index (χ4v) is 1.44. The van der Waals surface area contributed by atoms with E-state index in [1.54, 1.807) is 20.9 Å². The fourth-order valence-electron chi connectivity index (χ4n) is 1.44. The van der Waals surface area contributed by atoms with E-state index in [0.29, 0.717) is 0 Å². The smallest absolute Gasteiger partial charge is 0.323 e. The summed E-state index contributed by atoms with van der Waals surface area (Å²) in [5.74, 6) is -1.01. The molecule has 1 aliphatic rings. The fraction of sp³-hybridized carbons (Fsp3) is 0.818. The molecule has 1 rings (SSSR count). The van der Waals surface area contributed by atoms with Gasteiger partial charge in [0.2, 0.25) is 0 Å². The van der Waals surface area contributed by atoms with E-state index in [9.17, 15) is 14.7 Å². The van der Waals surface area contributed by atoms with Crippen molar-refractivity contribution in [2.24, 2.45) is 0 Å². The minimum absolute atomic E-state index is 0.0375. The van der Waals surface area contributed by atoms with E-state index in [0.717, 1.165) is 12.8 Å². The van der Waals surface area contributed by atoms with Crippen molar-refractivity contribution in [1.29, 1.82) is 0 Å². The van der Waals surface area contributed by atoms with Gasteiger partial charge < -0.3 is 20.0 Å². The van der Waals surface area contributed by atoms with Crippen molar-refractivity contribution in [2.75, 3.05) is 20.2 Å². The maximum absolute atomic E-state index is 12.1. The van der Waals surface area contributed by atoms with Crippen molar-refractivity contribution >= 4 is 12.0 Å². The molecule has 0 bridgehead atoms. The molecule has 0 aromatic heterocycles. The number of urea groups is 1. The monoisotopic (exact) mass is 244 g/mol. The number of carbonyl (C=O) groups excluding carboxylic acids is 1. The molecule has 0 saturated heterocycles. The van der Waals surface area contributed by atoms with Gasteiger partial charge >= 0.3 is 12.0 Å². The Hall–Kier alpha value is -1.30. The lowest BCUT2D eigenvalue weighted by Gasteiger charge is -2.37. The number of nitrogens with zero attached hydrogens (tertiary/aromatic N) is 2. The van der Waals surface area contributed by atoms with E-state index in [4.69, 9.17) is 5.11 Å². The Kier molecular flexibility index (Phi) is 3.98. The molecule has 6 nitrogen and oxygen atoms in total. The van der Waals surface area contributed by atoms with Crippen molar-refractivity contribution in [3.63, 3.8) is 0 Å². The Balaban J connectivity index is 2.74. The molecule has 0 unspecified atom stereocenters. The minimum atomic E-state index is -1.01. The van der Waals surface area contributed by atoms with Gasteiger partial charge in [0.05, 0.1) is 12.1 Å². The van der Waals surface area contributed by atoms with Crippen LogP contribution in [0.2, 0.25) is 0 Å². The predicted octanol–water partition coefficient (Wildman–Crippen LogP) is 0.358. The number of carboxylic acid groups (broad SMARTS) is 1. The zero-order valence-electron chi connectivity index (χ0n) is 10.5. The van der Waals surface area contributed by atoms with Crippen molar-refractivity contribution < 1.29 is 19.8 Å². The summed E-state index contributed by atoms with van der Waals surface area (Å²) in [6.07, 6.45) is 1.71. The molecule has 0 spiro atoms. The third-order valence-electron chi connectivity index (χ3n) is 3.12. The average molecular weight is 244 g/mol. The van der Waals surface area contributed by atoms with Crippen LogP contribution in [0.5, 0.6) is 0 Å². The first-order chi connectivity index (χ1) is 7.79.